The molecule has 9 nitrogen and oxygen atoms in total. The van der Waals surface area contributed by atoms with Crippen LogP contribution in [0.3, 0.4) is 0 Å². The number of aromatic nitrogens is 4. The fourth-order valence-electron chi connectivity index (χ4n) is 3.77. The first-order valence-corrected chi connectivity index (χ1v) is 9.39. The summed E-state index contributed by atoms with van der Waals surface area (Å²) in [5, 5.41) is 7.27. The summed E-state index contributed by atoms with van der Waals surface area (Å²) in [7, 11) is 3.40. The van der Waals surface area contributed by atoms with Crippen molar-refractivity contribution in [2.75, 3.05) is 37.7 Å². The molecule has 2 atom stereocenters. The minimum atomic E-state index is -0.188. The summed E-state index contributed by atoms with van der Waals surface area (Å²) in [6.45, 7) is 6.52. The second-order valence-corrected chi connectivity index (χ2v) is 7.13. The number of amides is 1. The van der Waals surface area contributed by atoms with Gasteiger partial charge >= 0.3 is 0 Å². The van der Waals surface area contributed by atoms with E-state index < -0.39 is 0 Å². The molecule has 0 saturated carbocycles. The zero-order valence-corrected chi connectivity index (χ0v) is 17.1. The van der Waals surface area contributed by atoms with Crippen LogP contribution in [0.15, 0.2) is 12.1 Å². The van der Waals surface area contributed by atoms with Crippen molar-refractivity contribution >= 4 is 17.5 Å². The Kier molecular flexibility index (Phi) is 6.25. The molecule has 0 aromatic carbocycles. The van der Waals surface area contributed by atoms with E-state index in [1.165, 1.54) is 6.92 Å². The predicted molar refractivity (Wildman–Crippen MR) is 106 cm³/mol. The van der Waals surface area contributed by atoms with Gasteiger partial charge < -0.3 is 19.7 Å². The maximum Gasteiger partial charge on any atom is 0.254 e. The predicted octanol–water partition coefficient (Wildman–Crippen LogP) is 1.87. The number of carbonyl (C=O) groups excluding carboxylic acids is 1. The molecule has 0 bridgehead atoms. The van der Waals surface area contributed by atoms with Crippen LogP contribution in [-0.4, -0.2) is 65.2 Å². The maximum absolute atomic E-state index is 11.7. The average Bonchev–Trinajstić information content (AvgIpc) is 3.17. The molecule has 0 aliphatic carbocycles. The van der Waals surface area contributed by atoms with Gasteiger partial charge in [-0.1, -0.05) is 0 Å². The summed E-state index contributed by atoms with van der Waals surface area (Å²) in [6.07, 6.45) is 1.97. The van der Waals surface area contributed by atoms with Gasteiger partial charge in [-0.15, -0.1) is 0 Å². The molecule has 1 amide bonds. The zero-order valence-electron chi connectivity index (χ0n) is 17.1. The zero-order chi connectivity index (χ0) is 20.3. The Bertz CT molecular complexity index is 823. The van der Waals surface area contributed by atoms with Crippen molar-refractivity contribution in [3.05, 3.63) is 23.5 Å². The van der Waals surface area contributed by atoms with Crippen LogP contribution >= 0.6 is 0 Å². The molecule has 3 heterocycles. The van der Waals surface area contributed by atoms with Crippen LogP contribution in [0.25, 0.3) is 5.95 Å². The highest BCUT2D eigenvalue weighted by Crippen LogP contribution is 2.31. The number of anilines is 2. The molecule has 2 aromatic rings. The van der Waals surface area contributed by atoms with Gasteiger partial charge in [0.1, 0.15) is 11.6 Å². The molecular weight excluding hydrogens is 360 g/mol. The van der Waals surface area contributed by atoms with Gasteiger partial charge in [-0.2, -0.15) is 15.1 Å². The average molecular weight is 388 g/mol. The van der Waals surface area contributed by atoms with Gasteiger partial charge in [-0.05, 0) is 32.8 Å². The van der Waals surface area contributed by atoms with Gasteiger partial charge in [0.05, 0.1) is 31.0 Å². The lowest BCUT2D eigenvalue weighted by Crippen LogP contribution is -2.41. The highest BCUT2D eigenvalue weighted by Gasteiger charge is 2.35. The molecule has 9 heteroatoms. The SMILES string of the molecule is COC[C@H]1CC[C@@H](COC)N1c1cc(NC(C)=O)nc(-n2nc(C)cc2C)n1. The van der Waals surface area contributed by atoms with E-state index in [0.717, 1.165) is 30.0 Å². The first kappa shape index (κ1) is 20.2. The molecule has 1 aliphatic heterocycles. The number of carbonyl (C=O) groups is 1. The number of methoxy groups -OCH3 is 2. The number of nitrogens with one attached hydrogen (secondary N) is 1. The minimum Gasteiger partial charge on any atom is -0.383 e. The largest absolute Gasteiger partial charge is 0.383 e. The first-order chi connectivity index (χ1) is 13.4. The third-order valence-corrected chi connectivity index (χ3v) is 4.81. The topological polar surface area (TPSA) is 94.4 Å². The smallest absolute Gasteiger partial charge is 0.254 e. The van der Waals surface area contributed by atoms with Crippen molar-refractivity contribution < 1.29 is 14.3 Å². The van der Waals surface area contributed by atoms with Crippen LogP contribution < -0.4 is 10.2 Å². The second-order valence-electron chi connectivity index (χ2n) is 7.13. The molecule has 1 fully saturated rings. The summed E-state index contributed by atoms with van der Waals surface area (Å²) < 4.78 is 12.5. The van der Waals surface area contributed by atoms with Gasteiger partial charge in [-0.25, -0.2) is 4.68 Å². The van der Waals surface area contributed by atoms with Crippen LogP contribution in [0.4, 0.5) is 11.6 Å². The van der Waals surface area contributed by atoms with E-state index in [0.29, 0.717) is 25.0 Å². The Balaban J connectivity index is 2.08. The number of hydrogen-bond donors (Lipinski definition) is 1. The Labute approximate surface area is 165 Å². The number of hydrogen-bond acceptors (Lipinski definition) is 7. The van der Waals surface area contributed by atoms with Gasteiger partial charge in [0.15, 0.2) is 0 Å². The van der Waals surface area contributed by atoms with Crippen molar-refractivity contribution in [1.82, 2.24) is 19.7 Å². The maximum atomic E-state index is 11.7. The number of rotatable bonds is 7. The fourth-order valence-corrected chi connectivity index (χ4v) is 3.77. The third-order valence-electron chi connectivity index (χ3n) is 4.81. The number of nitrogens with zero attached hydrogens (tertiary/aromatic N) is 5. The van der Waals surface area contributed by atoms with Crippen molar-refractivity contribution in [3.63, 3.8) is 0 Å². The Morgan fingerprint density at radius 3 is 2.29 bits per heavy atom. The normalized spacial score (nSPS) is 19.2. The molecule has 0 radical (unpaired) electrons. The van der Waals surface area contributed by atoms with E-state index in [2.05, 4.69) is 20.3 Å². The van der Waals surface area contributed by atoms with Gasteiger partial charge in [0.2, 0.25) is 5.91 Å². The minimum absolute atomic E-state index is 0.179. The van der Waals surface area contributed by atoms with Gasteiger partial charge in [-0.3, -0.25) is 4.79 Å². The molecule has 1 saturated heterocycles. The lowest BCUT2D eigenvalue weighted by Gasteiger charge is -2.31. The van der Waals surface area contributed by atoms with Gasteiger partial charge in [0.25, 0.3) is 5.95 Å². The second kappa shape index (κ2) is 8.66. The molecule has 1 aliphatic rings. The molecule has 3 rings (SSSR count). The van der Waals surface area contributed by atoms with E-state index in [1.54, 1.807) is 25.0 Å². The molecule has 0 unspecified atom stereocenters. The molecular formula is C19H28N6O3. The fraction of sp³-hybridized carbons (Fsp3) is 0.579. The van der Waals surface area contributed by atoms with E-state index >= 15 is 0 Å². The Morgan fingerprint density at radius 1 is 1.14 bits per heavy atom. The molecule has 0 spiro atoms. The summed E-state index contributed by atoms with van der Waals surface area (Å²) in [6, 6.07) is 4.12. The van der Waals surface area contributed by atoms with E-state index in [1.807, 2.05) is 19.9 Å². The molecule has 152 valence electrons. The quantitative estimate of drug-likeness (QED) is 0.774. The van der Waals surface area contributed by atoms with Gasteiger partial charge in [0, 0.05) is 32.9 Å². The van der Waals surface area contributed by atoms with Crippen molar-refractivity contribution in [1.29, 1.82) is 0 Å². The Morgan fingerprint density at radius 2 is 1.79 bits per heavy atom. The monoisotopic (exact) mass is 388 g/mol. The van der Waals surface area contributed by atoms with E-state index in [-0.39, 0.29) is 18.0 Å². The molecule has 28 heavy (non-hydrogen) atoms. The van der Waals surface area contributed by atoms with Crippen LogP contribution in [0.1, 0.15) is 31.2 Å². The Hall–Kier alpha value is -2.52. The number of ether oxygens (including phenoxy) is 2. The van der Waals surface area contributed by atoms with Crippen LogP contribution in [-0.2, 0) is 14.3 Å². The van der Waals surface area contributed by atoms with Crippen LogP contribution in [0.2, 0.25) is 0 Å². The van der Waals surface area contributed by atoms with Crippen LogP contribution in [0, 0.1) is 13.8 Å². The summed E-state index contributed by atoms with van der Waals surface area (Å²) in [4.78, 5) is 23.2. The molecule has 1 N–H and O–H groups in total. The van der Waals surface area contributed by atoms with Crippen molar-refractivity contribution in [2.24, 2.45) is 0 Å². The lowest BCUT2D eigenvalue weighted by atomic mass is 10.2. The van der Waals surface area contributed by atoms with E-state index in [9.17, 15) is 4.79 Å². The lowest BCUT2D eigenvalue weighted by molar-refractivity contribution is -0.114. The standard InChI is InChI=1S/C19H28N6O3/c1-12-8-13(2)25(23-12)19-21-17(20-14(3)26)9-18(22-19)24-15(10-27-4)6-7-16(24)11-28-5/h8-9,15-16H,6-7,10-11H2,1-5H3,(H,20,21,22,26)/t15-,16+. The van der Waals surface area contributed by atoms with Crippen molar-refractivity contribution in [3.8, 4) is 5.95 Å². The highest BCUT2D eigenvalue weighted by atomic mass is 16.5. The third kappa shape index (κ3) is 4.31. The number of aryl methyl sites for hydroxylation is 2. The highest BCUT2D eigenvalue weighted by molar-refractivity contribution is 5.88. The summed E-state index contributed by atoms with van der Waals surface area (Å²) >= 11 is 0. The van der Waals surface area contributed by atoms with Crippen LogP contribution in [0.5, 0.6) is 0 Å². The van der Waals surface area contributed by atoms with E-state index in [4.69, 9.17) is 14.5 Å². The molecule has 2 aromatic heterocycles. The summed E-state index contributed by atoms with van der Waals surface area (Å²) in [5.74, 6) is 1.40. The van der Waals surface area contributed by atoms with Crippen molar-refractivity contribution in [2.45, 2.75) is 45.7 Å². The summed E-state index contributed by atoms with van der Waals surface area (Å²) in [5.41, 5.74) is 1.80. The first-order valence-electron chi connectivity index (χ1n) is 9.39.